The number of aliphatic hydroxyl groups is 7. The number of amides is 2. The average molecular weight is 919 g/mol. The van der Waals surface area contributed by atoms with E-state index in [1.807, 2.05) is 0 Å². The van der Waals surface area contributed by atoms with Crippen molar-refractivity contribution in [2.75, 3.05) is 13.2 Å². The predicted molar refractivity (Wildman–Crippen MR) is 177 cm³/mol. The van der Waals surface area contributed by atoms with Crippen LogP contribution in [0.2, 0.25) is 0 Å². The molecule has 0 bridgehead atoms. The quantitative estimate of drug-likeness (QED) is 0.0639. The maximum atomic E-state index is 12.6. The lowest BCUT2D eigenvalue weighted by Gasteiger charge is -2.49. The molecule has 0 aliphatic carbocycles. The highest BCUT2D eigenvalue weighted by Crippen LogP contribution is 2.35. The Morgan fingerprint density at radius 1 is 0.683 bits per heavy atom. The van der Waals surface area contributed by atoms with Gasteiger partial charge in [-0.2, -0.15) is 16.8 Å². The minimum absolute atomic E-state index is 0.553. The maximum absolute atomic E-state index is 12.6. The van der Waals surface area contributed by atoms with Crippen LogP contribution in [0.25, 0.3) is 0 Å². The molecule has 4 heterocycles. The molecule has 60 heavy (non-hydrogen) atoms. The molecule has 4 aliphatic rings. The summed E-state index contributed by atoms with van der Waals surface area (Å²) >= 11 is 0. The Bertz CT molecular complexity index is 1820. The second kappa shape index (κ2) is 19.8. The molecule has 30 nitrogen and oxygen atoms in total. The first-order valence-corrected chi connectivity index (χ1v) is 19.7. The lowest BCUT2D eigenvalue weighted by atomic mass is 9.94. The van der Waals surface area contributed by atoms with Gasteiger partial charge in [-0.25, -0.2) is 18.0 Å². The highest BCUT2D eigenvalue weighted by Gasteiger charge is 2.57. The molecule has 0 aromatic carbocycles. The molecule has 2 amide bonds. The average Bonchev–Trinajstić information content (AvgIpc) is 3.12. The fraction of sp³-hybridized carbons (Fsp3) is 0.786. The SMILES string of the molecule is CC(=O)N[C@@H]1[C@@H](O[C@@H]2O[C@H](C(=O)O)[C@@H](O[C@@H]3O[C@H](CO)[C@H](OS(=O)(=O)O)[C@H](O[C@@H]4OC(C(=O)O)=C[C@H](O)[C@H]4O)[C@H]3NC(C)=O)[C@H](O)[C@H]2O)[C@@H](O)[C@@H](COS(=O)(=O)O)O[C@H]1O. The number of carbonyl (C=O) groups excluding carboxylic acids is 2. The van der Waals surface area contributed by atoms with Gasteiger partial charge in [0.2, 0.25) is 23.9 Å². The third kappa shape index (κ3) is 12.2. The van der Waals surface area contributed by atoms with Crippen LogP contribution in [0.3, 0.4) is 0 Å². The Morgan fingerprint density at radius 3 is 1.80 bits per heavy atom. The molecule has 0 spiro atoms. The van der Waals surface area contributed by atoms with E-state index in [2.05, 4.69) is 19.0 Å². The van der Waals surface area contributed by atoms with Crippen LogP contribution in [0.5, 0.6) is 0 Å². The molecule has 3 saturated heterocycles. The van der Waals surface area contributed by atoms with E-state index in [9.17, 15) is 86.5 Å². The van der Waals surface area contributed by atoms with Gasteiger partial charge in [0.1, 0.15) is 79.2 Å². The van der Waals surface area contributed by atoms with Crippen LogP contribution in [0.4, 0.5) is 0 Å². The molecule has 32 heteroatoms. The number of carbonyl (C=O) groups is 4. The first-order chi connectivity index (χ1) is 27.7. The number of aliphatic carboxylic acids is 2. The first kappa shape index (κ1) is 49.3. The molecule has 4 rings (SSSR count). The fourth-order valence-corrected chi connectivity index (χ4v) is 7.21. The summed E-state index contributed by atoms with van der Waals surface area (Å²) < 4.78 is 111. The van der Waals surface area contributed by atoms with Crippen LogP contribution in [0.15, 0.2) is 11.8 Å². The van der Waals surface area contributed by atoms with Gasteiger partial charge in [-0.1, -0.05) is 0 Å². The molecule has 4 aliphatic heterocycles. The number of aliphatic hydroxyl groups excluding tert-OH is 7. The molecule has 0 saturated carbocycles. The van der Waals surface area contributed by atoms with E-state index in [-0.39, 0.29) is 0 Å². The topological polar surface area (TPSA) is 466 Å². The molecule has 344 valence electrons. The molecule has 3 fully saturated rings. The summed E-state index contributed by atoms with van der Waals surface area (Å²) in [5.74, 6) is -6.73. The van der Waals surface area contributed by atoms with Gasteiger partial charge in [-0.15, -0.1) is 0 Å². The van der Waals surface area contributed by atoms with E-state index in [1.165, 1.54) is 0 Å². The van der Waals surface area contributed by atoms with E-state index in [0.29, 0.717) is 6.08 Å². The van der Waals surface area contributed by atoms with Gasteiger partial charge in [-0.3, -0.25) is 18.7 Å². The zero-order valence-electron chi connectivity index (χ0n) is 30.6. The molecule has 0 aromatic rings. The summed E-state index contributed by atoms with van der Waals surface area (Å²) in [5.41, 5.74) is 0. The number of rotatable bonds is 16. The third-order valence-corrected chi connectivity index (χ3v) is 9.84. The highest BCUT2D eigenvalue weighted by atomic mass is 32.3. The van der Waals surface area contributed by atoms with Crippen molar-refractivity contribution in [1.82, 2.24) is 10.6 Å². The largest absolute Gasteiger partial charge is 0.479 e. The van der Waals surface area contributed by atoms with Crippen molar-refractivity contribution in [3.05, 3.63) is 11.8 Å². The van der Waals surface area contributed by atoms with Gasteiger partial charge in [-0.05, 0) is 6.08 Å². The number of carboxylic acids is 2. The van der Waals surface area contributed by atoms with Crippen molar-refractivity contribution in [3.8, 4) is 0 Å². The van der Waals surface area contributed by atoms with Crippen LogP contribution >= 0.6 is 0 Å². The number of nitrogens with one attached hydrogen (secondary N) is 2. The van der Waals surface area contributed by atoms with Crippen molar-refractivity contribution in [2.24, 2.45) is 0 Å². The zero-order valence-corrected chi connectivity index (χ0v) is 32.2. The van der Waals surface area contributed by atoms with Crippen LogP contribution < -0.4 is 10.6 Å². The van der Waals surface area contributed by atoms with Crippen LogP contribution in [0, 0.1) is 0 Å². The predicted octanol–water partition coefficient (Wildman–Crippen LogP) is -8.47. The number of ether oxygens (including phenoxy) is 7. The molecule has 0 unspecified atom stereocenters. The van der Waals surface area contributed by atoms with Gasteiger partial charge in [0.05, 0.1) is 13.2 Å². The zero-order chi connectivity index (χ0) is 45.2. The van der Waals surface area contributed by atoms with Crippen molar-refractivity contribution in [2.45, 2.75) is 124 Å². The summed E-state index contributed by atoms with van der Waals surface area (Å²) in [5, 5.41) is 98.9. The first-order valence-electron chi connectivity index (χ1n) is 17.0. The second-order valence-corrected chi connectivity index (χ2v) is 15.4. The standard InChI is InChI=1S/C28H42N2O28S2/c1-6(32)29-12-19(15(36)11(51-25(12)43)5-50-59(44,45)46)54-28-17(38)16(37)21(22(57-28)24(41)42)56-26-13(30-7(2)33)20(18(10(4-31)53-26)58-60(47,48)49)55-27-14(35)8(34)3-9(52-27)23(39)40/h3,8,10-22,25-28,31,34-38,43H,4-5H2,1-2H3,(H,29,32)(H,30,33)(H,39,40)(H,41,42)(H,44,45,46)(H,47,48,49)/t8-,10+,11+,12+,13+,14+,15-,16+,17+,18-,19+,20+,21-,22-,25+,26-,27-,28+/m0/s1. The number of hydrogen-bond acceptors (Lipinski definition) is 24. The summed E-state index contributed by atoms with van der Waals surface area (Å²) in [6.07, 6.45) is -35.1. The molecule has 13 N–H and O–H groups in total. The number of carboxylic acid groups (broad SMARTS) is 2. The fourth-order valence-electron chi connectivity index (χ4n) is 6.39. The Labute approximate surface area is 336 Å². The molecular weight excluding hydrogens is 876 g/mol. The van der Waals surface area contributed by atoms with E-state index >= 15 is 0 Å². The minimum Gasteiger partial charge on any atom is -0.479 e. The third-order valence-electron chi connectivity index (χ3n) is 8.94. The second-order valence-electron chi connectivity index (χ2n) is 13.3. The molecular formula is C28H42N2O28S2. The van der Waals surface area contributed by atoms with Crippen molar-refractivity contribution < 1.29 is 133 Å². The van der Waals surface area contributed by atoms with E-state index in [1.54, 1.807) is 0 Å². The molecule has 18 atom stereocenters. The van der Waals surface area contributed by atoms with E-state index in [4.69, 9.17) is 37.7 Å². The van der Waals surface area contributed by atoms with Gasteiger partial charge in [0.25, 0.3) is 0 Å². The Balaban J connectivity index is 1.69. The van der Waals surface area contributed by atoms with Crippen LogP contribution in [-0.2, 0) is 81.5 Å². The van der Waals surface area contributed by atoms with E-state index < -0.39 is 174 Å². The Hall–Kier alpha value is -3.36. The van der Waals surface area contributed by atoms with Gasteiger partial charge in [0, 0.05) is 13.8 Å². The van der Waals surface area contributed by atoms with Gasteiger partial charge < -0.3 is 89.8 Å². The van der Waals surface area contributed by atoms with Crippen molar-refractivity contribution in [3.63, 3.8) is 0 Å². The monoisotopic (exact) mass is 918 g/mol. The van der Waals surface area contributed by atoms with Crippen LogP contribution in [0.1, 0.15) is 13.8 Å². The lowest BCUT2D eigenvalue weighted by molar-refractivity contribution is -0.362. The summed E-state index contributed by atoms with van der Waals surface area (Å²) in [4.78, 5) is 48.6. The Morgan fingerprint density at radius 2 is 1.27 bits per heavy atom. The van der Waals surface area contributed by atoms with Gasteiger partial charge >= 0.3 is 32.7 Å². The number of hydrogen-bond donors (Lipinski definition) is 13. The molecule has 0 aromatic heterocycles. The molecule has 0 radical (unpaired) electrons. The van der Waals surface area contributed by atoms with Crippen molar-refractivity contribution in [1.29, 1.82) is 0 Å². The highest BCUT2D eigenvalue weighted by molar-refractivity contribution is 7.81. The summed E-state index contributed by atoms with van der Waals surface area (Å²) in [6, 6.07) is -3.87. The van der Waals surface area contributed by atoms with Crippen molar-refractivity contribution >= 4 is 44.6 Å². The summed E-state index contributed by atoms with van der Waals surface area (Å²) in [7, 11) is -10.7. The maximum Gasteiger partial charge on any atom is 0.397 e. The normalized spacial score (nSPS) is 40.1. The lowest BCUT2D eigenvalue weighted by Crippen LogP contribution is -2.70. The smallest absolute Gasteiger partial charge is 0.397 e. The van der Waals surface area contributed by atoms with Crippen LogP contribution in [-0.4, -0.2) is 219 Å². The van der Waals surface area contributed by atoms with E-state index in [0.717, 1.165) is 13.8 Å². The van der Waals surface area contributed by atoms with Gasteiger partial charge in [0.15, 0.2) is 25.0 Å². The minimum atomic E-state index is -5.55. The summed E-state index contributed by atoms with van der Waals surface area (Å²) in [6.45, 7) is -0.662. The Kier molecular flexibility index (Phi) is 16.3.